The van der Waals surface area contributed by atoms with Gasteiger partial charge in [-0.2, -0.15) is 0 Å². The van der Waals surface area contributed by atoms with E-state index < -0.39 is 0 Å². The van der Waals surface area contributed by atoms with Crippen LogP contribution in [-0.2, 0) is 9.53 Å². The average molecular weight is 250 g/mol. The largest absolute Gasteiger partial charge is 0.369 e. The van der Waals surface area contributed by atoms with Gasteiger partial charge in [0.25, 0.3) is 0 Å². The topological polar surface area (TPSA) is 38.3 Å². The van der Waals surface area contributed by atoms with E-state index in [0.29, 0.717) is 0 Å². The van der Waals surface area contributed by atoms with Crippen molar-refractivity contribution < 1.29 is 9.53 Å². The molecule has 1 saturated carbocycles. The Bertz CT molecular complexity index is 190. The number of alkyl halides is 1. The lowest BCUT2D eigenvalue weighted by atomic mass is 10.3. The molecular weight excluding hydrogens is 234 g/mol. The van der Waals surface area contributed by atoms with Gasteiger partial charge >= 0.3 is 0 Å². The molecule has 0 saturated heterocycles. The summed E-state index contributed by atoms with van der Waals surface area (Å²) in [5.74, 6) is -0.00866. The molecule has 0 heterocycles. The van der Waals surface area contributed by atoms with Crippen molar-refractivity contribution in [2.75, 3.05) is 11.9 Å². The molecule has 0 radical (unpaired) electrons. The fourth-order valence-corrected chi connectivity index (χ4v) is 1.72. The van der Waals surface area contributed by atoms with Crippen LogP contribution in [0.25, 0.3) is 0 Å². The Morgan fingerprint density at radius 1 is 1.62 bits per heavy atom. The molecule has 13 heavy (non-hydrogen) atoms. The van der Waals surface area contributed by atoms with Crippen molar-refractivity contribution in [2.45, 2.75) is 38.3 Å². The quantitative estimate of drug-likeness (QED) is 0.750. The Morgan fingerprint density at radius 2 is 2.23 bits per heavy atom. The first-order valence-electron chi connectivity index (χ1n) is 4.56. The lowest BCUT2D eigenvalue weighted by molar-refractivity contribution is -0.127. The summed E-state index contributed by atoms with van der Waals surface area (Å²) in [6.45, 7) is 4.02. The van der Waals surface area contributed by atoms with Crippen LogP contribution in [0.5, 0.6) is 0 Å². The predicted molar refractivity (Wildman–Crippen MR) is 55.0 cm³/mol. The molecular formula is C9H16BrNO2. The molecule has 3 nitrogen and oxygen atoms in total. The maximum atomic E-state index is 11.3. The molecule has 0 aromatic rings. The Balaban J connectivity index is 2.18. The number of halogens is 1. The maximum Gasteiger partial charge on any atom is 0.246 e. The van der Waals surface area contributed by atoms with Gasteiger partial charge in [0.1, 0.15) is 6.61 Å². The Hall–Kier alpha value is -0.0900. The molecule has 1 aliphatic carbocycles. The summed E-state index contributed by atoms with van der Waals surface area (Å²) in [7, 11) is 0. The number of amides is 1. The van der Waals surface area contributed by atoms with Crippen molar-refractivity contribution >= 4 is 21.8 Å². The fraction of sp³-hybridized carbons (Fsp3) is 0.889. The van der Waals surface area contributed by atoms with Crippen molar-refractivity contribution in [3.05, 3.63) is 0 Å². The van der Waals surface area contributed by atoms with Gasteiger partial charge in [-0.15, -0.1) is 0 Å². The average Bonchev–Trinajstić information content (AvgIpc) is 2.82. The molecule has 1 aliphatic rings. The summed E-state index contributed by atoms with van der Waals surface area (Å²) < 4.78 is 5.19. The van der Waals surface area contributed by atoms with Gasteiger partial charge in [0.05, 0.1) is 6.10 Å². The smallest absolute Gasteiger partial charge is 0.246 e. The third-order valence-electron chi connectivity index (χ3n) is 2.06. The Labute approximate surface area is 87.3 Å². The zero-order valence-corrected chi connectivity index (χ0v) is 9.69. The van der Waals surface area contributed by atoms with E-state index in [1.165, 1.54) is 0 Å². The van der Waals surface area contributed by atoms with E-state index in [2.05, 4.69) is 21.2 Å². The second kappa shape index (κ2) is 4.42. The second-order valence-corrected chi connectivity index (χ2v) is 4.38. The summed E-state index contributed by atoms with van der Waals surface area (Å²) in [6.07, 6.45) is 2.27. The van der Waals surface area contributed by atoms with E-state index in [4.69, 9.17) is 4.74 Å². The molecule has 0 aromatic heterocycles. The fourth-order valence-electron chi connectivity index (χ4n) is 1.02. The van der Waals surface area contributed by atoms with Crippen LogP contribution < -0.4 is 5.32 Å². The maximum absolute atomic E-state index is 11.3. The summed E-state index contributed by atoms with van der Waals surface area (Å²) in [6, 6.07) is 0. The molecule has 0 bridgehead atoms. The number of rotatable bonds is 5. The first kappa shape index (κ1) is 11.0. The van der Waals surface area contributed by atoms with Gasteiger partial charge in [0.15, 0.2) is 0 Å². The van der Waals surface area contributed by atoms with Crippen LogP contribution in [0.1, 0.15) is 26.7 Å². The number of hydrogen-bond donors (Lipinski definition) is 1. The number of hydrogen-bond acceptors (Lipinski definition) is 2. The molecule has 0 atom stereocenters. The van der Waals surface area contributed by atoms with Crippen LogP contribution in [-0.4, -0.2) is 29.5 Å². The van der Waals surface area contributed by atoms with Crippen molar-refractivity contribution in [2.24, 2.45) is 0 Å². The third-order valence-corrected chi connectivity index (χ3v) is 3.14. The zero-order chi connectivity index (χ0) is 9.90. The van der Waals surface area contributed by atoms with Crippen LogP contribution in [0, 0.1) is 0 Å². The van der Waals surface area contributed by atoms with Crippen molar-refractivity contribution in [1.82, 2.24) is 5.32 Å². The van der Waals surface area contributed by atoms with Gasteiger partial charge in [0, 0.05) is 10.9 Å². The zero-order valence-electron chi connectivity index (χ0n) is 8.10. The van der Waals surface area contributed by atoms with Crippen LogP contribution in [0.3, 0.4) is 0 Å². The molecule has 1 rings (SSSR count). The monoisotopic (exact) mass is 249 g/mol. The highest BCUT2D eigenvalue weighted by molar-refractivity contribution is 9.09. The summed E-state index contributed by atoms with van der Waals surface area (Å²) in [4.78, 5) is 11.3. The molecule has 1 fully saturated rings. The van der Waals surface area contributed by atoms with Gasteiger partial charge < -0.3 is 10.1 Å². The van der Waals surface area contributed by atoms with Gasteiger partial charge in [-0.3, -0.25) is 4.79 Å². The van der Waals surface area contributed by atoms with Crippen molar-refractivity contribution in [3.63, 3.8) is 0 Å². The number of nitrogens with one attached hydrogen (secondary N) is 1. The minimum Gasteiger partial charge on any atom is -0.369 e. The molecule has 76 valence electrons. The number of carbonyl (C=O) groups excluding carboxylic acids is 1. The molecule has 4 heteroatoms. The molecule has 0 aliphatic heterocycles. The van der Waals surface area contributed by atoms with Gasteiger partial charge in [0.2, 0.25) is 5.91 Å². The van der Waals surface area contributed by atoms with Crippen LogP contribution in [0.2, 0.25) is 0 Å². The summed E-state index contributed by atoms with van der Waals surface area (Å²) in [5.41, 5.74) is 0.0391. The summed E-state index contributed by atoms with van der Waals surface area (Å²) >= 11 is 3.39. The van der Waals surface area contributed by atoms with E-state index in [0.717, 1.165) is 18.2 Å². The van der Waals surface area contributed by atoms with E-state index in [-0.39, 0.29) is 24.2 Å². The standard InChI is InChI=1S/C9H16BrNO2/c1-7(2)13-5-8(12)11-9(6-10)3-4-9/h7H,3-6H2,1-2H3,(H,11,12). The van der Waals surface area contributed by atoms with Crippen molar-refractivity contribution in [3.8, 4) is 0 Å². The minimum atomic E-state index is -0.00866. The first-order valence-corrected chi connectivity index (χ1v) is 5.69. The van der Waals surface area contributed by atoms with Crippen LogP contribution in [0.4, 0.5) is 0 Å². The predicted octanol–water partition coefficient (Wildman–Crippen LogP) is 1.46. The van der Waals surface area contributed by atoms with Gasteiger partial charge in [-0.1, -0.05) is 15.9 Å². The minimum absolute atomic E-state index is 0.00866. The number of carbonyl (C=O) groups is 1. The molecule has 0 aromatic carbocycles. The van der Waals surface area contributed by atoms with Gasteiger partial charge in [-0.25, -0.2) is 0 Å². The van der Waals surface area contributed by atoms with E-state index >= 15 is 0 Å². The first-order chi connectivity index (χ1) is 6.08. The normalized spacial score (nSPS) is 18.8. The molecule has 0 unspecified atom stereocenters. The molecule has 0 spiro atoms. The van der Waals surface area contributed by atoms with E-state index in [9.17, 15) is 4.79 Å². The third kappa shape index (κ3) is 3.65. The highest BCUT2D eigenvalue weighted by atomic mass is 79.9. The van der Waals surface area contributed by atoms with E-state index in [1.54, 1.807) is 0 Å². The lowest BCUT2D eigenvalue weighted by Crippen LogP contribution is -2.40. The van der Waals surface area contributed by atoms with Gasteiger partial charge in [-0.05, 0) is 26.7 Å². The highest BCUT2D eigenvalue weighted by Gasteiger charge is 2.42. The van der Waals surface area contributed by atoms with Crippen LogP contribution >= 0.6 is 15.9 Å². The Morgan fingerprint density at radius 3 is 2.62 bits per heavy atom. The second-order valence-electron chi connectivity index (χ2n) is 3.82. The lowest BCUT2D eigenvalue weighted by Gasteiger charge is -2.14. The van der Waals surface area contributed by atoms with Crippen molar-refractivity contribution in [1.29, 1.82) is 0 Å². The van der Waals surface area contributed by atoms with E-state index in [1.807, 2.05) is 13.8 Å². The Kier molecular flexibility index (Phi) is 3.74. The SMILES string of the molecule is CC(C)OCC(=O)NC1(CBr)CC1. The number of ether oxygens (including phenoxy) is 1. The van der Waals surface area contributed by atoms with Crippen LogP contribution in [0.15, 0.2) is 0 Å². The molecule has 1 amide bonds. The molecule has 1 N–H and O–H groups in total. The summed E-state index contributed by atoms with van der Waals surface area (Å²) in [5, 5.41) is 3.80. The highest BCUT2D eigenvalue weighted by Crippen LogP contribution is 2.36.